The van der Waals surface area contributed by atoms with E-state index in [1.54, 1.807) is 0 Å². The summed E-state index contributed by atoms with van der Waals surface area (Å²) in [7, 11) is 0. The highest BCUT2D eigenvalue weighted by Gasteiger charge is 2.36. The van der Waals surface area contributed by atoms with E-state index < -0.39 is 18.0 Å². The topological polar surface area (TPSA) is 58.4 Å². The third-order valence-electron chi connectivity index (χ3n) is 3.48. The van der Waals surface area contributed by atoms with E-state index in [2.05, 4.69) is 40.7 Å². The Hall–Kier alpha value is -1.50. The normalized spacial score (nSPS) is 20.0. The summed E-state index contributed by atoms with van der Waals surface area (Å²) in [6, 6.07) is 1.25. The van der Waals surface area contributed by atoms with Gasteiger partial charge in [0.25, 0.3) is 12.3 Å². The highest BCUT2D eigenvalue weighted by molar-refractivity contribution is 5.91. The van der Waals surface area contributed by atoms with Gasteiger partial charge in [0.15, 0.2) is 5.69 Å². The first-order chi connectivity index (χ1) is 9.29. The molecule has 1 aliphatic rings. The van der Waals surface area contributed by atoms with Gasteiger partial charge < -0.3 is 9.84 Å². The van der Waals surface area contributed by atoms with Gasteiger partial charge in [0.1, 0.15) is 0 Å². The minimum Gasteiger partial charge on any atom is -0.351 e. The first-order valence-corrected chi connectivity index (χ1v) is 6.58. The summed E-state index contributed by atoms with van der Waals surface area (Å²) < 4.78 is 29.3. The summed E-state index contributed by atoms with van der Waals surface area (Å²) in [5, 5.41) is 5.85. The molecule has 1 unspecified atom stereocenters. The molecule has 0 saturated carbocycles. The van der Waals surface area contributed by atoms with Crippen LogP contribution in [0.15, 0.2) is 10.6 Å². The average molecular weight is 287 g/mol. The van der Waals surface area contributed by atoms with Gasteiger partial charge in [-0.05, 0) is 27.2 Å². The van der Waals surface area contributed by atoms with E-state index in [4.69, 9.17) is 0 Å². The number of alkyl halides is 2. The summed E-state index contributed by atoms with van der Waals surface area (Å²) in [4.78, 5) is 14.1. The van der Waals surface area contributed by atoms with E-state index in [1.807, 2.05) is 0 Å². The molecular formula is C13H19F2N3O2. The van der Waals surface area contributed by atoms with E-state index in [1.165, 1.54) is 0 Å². The van der Waals surface area contributed by atoms with Crippen molar-refractivity contribution in [1.29, 1.82) is 0 Å². The van der Waals surface area contributed by atoms with Gasteiger partial charge in [-0.1, -0.05) is 5.16 Å². The van der Waals surface area contributed by atoms with Gasteiger partial charge in [-0.15, -0.1) is 0 Å². The molecule has 0 radical (unpaired) electrons. The van der Waals surface area contributed by atoms with Crippen LogP contribution in [0.25, 0.3) is 0 Å². The Morgan fingerprint density at radius 2 is 2.30 bits per heavy atom. The Morgan fingerprint density at radius 1 is 1.60 bits per heavy atom. The molecule has 2 heterocycles. The summed E-state index contributed by atoms with van der Waals surface area (Å²) in [5.74, 6) is -0.688. The Balaban J connectivity index is 1.86. The van der Waals surface area contributed by atoms with Gasteiger partial charge in [0.2, 0.25) is 5.76 Å². The lowest BCUT2D eigenvalue weighted by Crippen LogP contribution is -2.60. The number of carbonyl (C=O) groups excluding carboxylic acids is 1. The summed E-state index contributed by atoms with van der Waals surface area (Å²) in [5.41, 5.74) is -0.460. The monoisotopic (exact) mass is 287 g/mol. The summed E-state index contributed by atoms with van der Waals surface area (Å²) in [6.07, 6.45) is -1.72. The van der Waals surface area contributed by atoms with Gasteiger partial charge in [-0.3, -0.25) is 9.69 Å². The Bertz CT molecular complexity index is 482. The standard InChI is InChI=1S/C13H19F2N3O2/c1-13(2,3)18-5-4-8(18)7-16-12(19)10-6-9(11(14)15)17-20-10/h6,8,11H,4-5,7H2,1-3H3,(H,16,19). The number of amides is 1. The minimum atomic E-state index is -2.73. The van der Waals surface area contributed by atoms with Gasteiger partial charge in [0.05, 0.1) is 0 Å². The van der Waals surface area contributed by atoms with Gasteiger partial charge in [-0.2, -0.15) is 0 Å². The van der Waals surface area contributed by atoms with Crippen molar-refractivity contribution in [2.24, 2.45) is 0 Å². The number of carbonyl (C=O) groups is 1. The van der Waals surface area contributed by atoms with Crippen LogP contribution in [0, 0.1) is 0 Å². The fourth-order valence-electron chi connectivity index (χ4n) is 2.33. The minimum absolute atomic E-state index is 0.0583. The number of hydrogen-bond acceptors (Lipinski definition) is 4. The number of aromatic nitrogens is 1. The van der Waals surface area contributed by atoms with Crippen molar-refractivity contribution in [3.63, 3.8) is 0 Å². The molecule has 0 aliphatic carbocycles. The average Bonchev–Trinajstić information content (AvgIpc) is 2.74. The molecule has 1 aromatic rings. The number of halogens is 2. The third-order valence-corrected chi connectivity index (χ3v) is 3.48. The maximum absolute atomic E-state index is 12.3. The van der Waals surface area contributed by atoms with E-state index in [9.17, 15) is 13.6 Å². The van der Waals surface area contributed by atoms with Gasteiger partial charge >= 0.3 is 0 Å². The Kier molecular flexibility index (Phi) is 4.08. The molecule has 1 atom stereocenters. The van der Waals surface area contributed by atoms with Crippen molar-refractivity contribution < 1.29 is 18.1 Å². The molecule has 1 aromatic heterocycles. The zero-order valence-electron chi connectivity index (χ0n) is 11.8. The van der Waals surface area contributed by atoms with Crippen LogP contribution in [0.1, 0.15) is 49.9 Å². The van der Waals surface area contributed by atoms with Gasteiger partial charge in [0, 0.05) is 30.7 Å². The fourth-order valence-corrected chi connectivity index (χ4v) is 2.33. The zero-order chi connectivity index (χ0) is 14.9. The molecule has 1 N–H and O–H groups in total. The SMILES string of the molecule is CC(C)(C)N1CCC1CNC(=O)c1cc(C(F)F)no1. The van der Waals surface area contributed by atoms with E-state index in [-0.39, 0.29) is 17.3 Å². The molecule has 1 saturated heterocycles. The van der Waals surface area contributed by atoms with Crippen LogP contribution in [0.3, 0.4) is 0 Å². The second kappa shape index (κ2) is 5.47. The zero-order valence-corrected chi connectivity index (χ0v) is 11.8. The number of rotatable bonds is 4. The van der Waals surface area contributed by atoms with Crippen LogP contribution in [0.2, 0.25) is 0 Å². The number of nitrogens with zero attached hydrogens (tertiary/aromatic N) is 2. The lowest BCUT2D eigenvalue weighted by Gasteiger charge is -2.49. The second-order valence-corrected chi connectivity index (χ2v) is 5.93. The van der Waals surface area contributed by atoms with Gasteiger partial charge in [-0.25, -0.2) is 8.78 Å². The van der Waals surface area contributed by atoms with Crippen LogP contribution in [-0.2, 0) is 0 Å². The van der Waals surface area contributed by atoms with Crippen molar-refractivity contribution in [3.8, 4) is 0 Å². The molecular weight excluding hydrogens is 268 g/mol. The molecule has 7 heteroatoms. The number of nitrogens with one attached hydrogen (secondary N) is 1. The maximum Gasteiger partial charge on any atom is 0.289 e. The lowest BCUT2D eigenvalue weighted by molar-refractivity contribution is 0.00263. The highest BCUT2D eigenvalue weighted by Crippen LogP contribution is 2.26. The van der Waals surface area contributed by atoms with Crippen molar-refractivity contribution in [2.75, 3.05) is 13.1 Å². The van der Waals surface area contributed by atoms with Crippen LogP contribution >= 0.6 is 0 Å². The highest BCUT2D eigenvalue weighted by atomic mass is 19.3. The molecule has 1 aliphatic heterocycles. The molecule has 2 rings (SSSR count). The molecule has 112 valence electrons. The molecule has 0 spiro atoms. The predicted molar refractivity (Wildman–Crippen MR) is 68.7 cm³/mol. The van der Waals surface area contributed by atoms with E-state index in [0.29, 0.717) is 6.54 Å². The molecule has 5 nitrogen and oxygen atoms in total. The second-order valence-electron chi connectivity index (χ2n) is 5.93. The summed E-state index contributed by atoms with van der Waals surface area (Å²) >= 11 is 0. The van der Waals surface area contributed by atoms with Crippen LogP contribution in [0.5, 0.6) is 0 Å². The van der Waals surface area contributed by atoms with E-state index in [0.717, 1.165) is 19.0 Å². The molecule has 20 heavy (non-hydrogen) atoms. The largest absolute Gasteiger partial charge is 0.351 e. The fraction of sp³-hybridized carbons (Fsp3) is 0.692. The predicted octanol–water partition coefficient (Wildman–Crippen LogP) is 2.21. The third kappa shape index (κ3) is 3.15. The first-order valence-electron chi connectivity index (χ1n) is 6.58. The van der Waals surface area contributed by atoms with Crippen molar-refractivity contribution >= 4 is 5.91 Å². The van der Waals surface area contributed by atoms with Crippen molar-refractivity contribution in [1.82, 2.24) is 15.4 Å². The van der Waals surface area contributed by atoms with Crippen LogP contribution < -0.4 is 5.32 Å². The van der Waals surface area contributed by atoms with Crippen LogP contribution in [-0.4, -0.2) is 40.6 Å². The Morgan fingerprint density at radius 3 is 2.75 bits per heavy atom. The molecule has 1 fully saturated rings. The Labute approximate surface area is 116 Å². The molecule has 0 aromatic carbocycles. The number of likely N-dealkylation sites (tertiary alicyclic amines) is 1. The first kappa shape index (κ1) is 14.9. The quantitative estimate of drug-likeness (QED) is 0.922. The smallest absolute Gasteiger partial charge is 0.289 e. The molecule has 1 amide bonds. The maximum atomic E-state index is 12.3. The molecule has 0 bridgehead atoms. The van der Waals surface area contributed by atoms with Crippen LogP contribution in [0.4, 0.5) is 8.78 Å². The van der Waals surface area contributed by atoms with Crippen molar-refractivity contribution in [2.45, 2.75) is 45.2 Å². The van der Waals surface area contributed by atoms with Crippen molar-refractivity contribution in [3.05, 3.63) is 17.5 Å². The summed E-state index contributed by atoms with van der Waals surface area (Å²) in [6.45, 7) is 7.83. The lowest BCUT2D eigenvalue weighted by atomic mass is 9.93. The number of hydrogen-bond donors (Lipinski definition) is 1. The van der Waals surface area contributed by atoms with E-state index >= 15 is 0 Å².